The number of aryl methyl sites for hydroxylation is 1. The van der Waals surface area contributed by atoms with Crippen LogP contribution >= 0.6 is 24.0 Å². The van der Waals surface area contributed by atoms with Crippen molar-refractivity contribution < 1.29 is 0 Å². The molecule has 0 amide bonds. The molecule has 1 aromatic heterocycles. The number of hydrogen-bond donors (Lipinski definition) is 2. The summed E-state index contributed by atoms with van der Waals surface area (Å²) in [6.07, 6.45) is 5.03. The van der Waals surface area contributed by atoms with Gasteiger partial charge in [-0.25, -0.2) is 0 Å². The maximum atomic E-state index is 4.31. The van der Waals surface area contributed by atoms with E-state index in [0.29, 0.717) is 0 Å². The number of nitrogens with zero attached hydrogens (tertiary/aromatic N) is 6. The van der Waals surface area contributed by atoms with Gasteiger partial charge in [-0.1, -0.05) is 25.1 Å². The summed E-state index contributed by atoms with van der Waals surface area (Å²) in [4.78, 5) is 9.38. The minimum absolute atomic E-state index is 0. The van der Waals surface area contributed by atoms with Gasteiger partial charge in [0.05, 0.1) is 0 Å². The normalized spacial score (nSPS) is 14.9. The van der Waals surface area contributed by atoms with Crippen molar-refractivity contribution in [3.8, 4) is 0 Å². The van der Waals surface area contributed by atoms with Gasteiger partial charge in [0.25, 0.3) is 0 Å². The van der Waals surface area contributed by atoms with E-state index in [1.165, 1.54) is 18.7 Å². The molecule has 0 spiro atoms. The predicted molar refractivity (Wildman–Crippen MR) is 139 cm³/mol. The molecule has 8 nitrogen and oxygen atoms in total. The topological polar surface area (TPSA) is 73.6 Å². The van der Waals surface area contributed by atoms with Crippen LogP contribution in [-0.2, 0) is 13.0 Å². The number of anilines is 1. The van der Waals surface area contributed by atoms with Crippen LogP contribution in [0.25, 0.3) is 0 Å². The third-order valence-corrected chi connectivity index (χ3v) is 5.57. The first-order chi connectivity index (χ1) is 14.8. The third kappa shape index (κ3) is 8.29. The average molecular weight is 540 g/mol. The van der Waals surface area contributed by atoms with E-state index in [0.717, 1.165) is 70.4 Å². The predicted octanol–water partition coefficient (Wildman–Crippen LogP) is 2.23. The summed E-state index contributed by atoms with van der Waals surface area (Å²) in [5.41, 5.74) is 1.34. The Bertz CT molecular complexity index is 756. The molecule has 0 atom stereocenters. The molecule has 1 fully saturated rings. The first kappa shape index (κ1) is 25.4. The van der Waals surface area contributed by atoms with Crippen LogP contribution in [0.2, 0.25) is 0 Å². The van der Waals surface area contributed by atoms with Crippen LogP contribution in [-0.4, -0.2) is 78.5 Å². The summed E-state index contributed by atoms with van der Waals surface area (Å²) in [5, 5.41) is 14.9. The maximum absolute atomic E-state index is 4.31. The molecule has 0 saturated carbocycles. The second-order valence-electron chi connectivity index (χ2n) is 7.59. The van der Waals surface area contributed by atoms with E-state index in [-0.39, 0.29) is 24.0 Å². The lowest BCUT2D eigenvalue weighted by Crippen LogP contribution is -2.46. The highest BCUT2D eigenvalue weighted by Crippen LogP contribution is 2.15. The van der Waals surface area contributed by atoms with Crippen LogP contribution in [0.1, 0.15) is 25.6 Å². The van der Waals surface area contributed by atoms with E-state index < -0.39 is 0 Å². The molecular formula is C22H37IN8. The highest BCUT2D eigenvalue weighted by atomic mass is 127. The van der Waals surface area contributed by atoms with Crippen molar-refractivity contribution in [2.24, 2.45) is 4.99 Å². The Hall–Kier alpha value is -1.88. The van der Waals surface area contributed by atoms with Crippen LogP contribution in [0, 0.1) is 0 Å². The molecule has 2 N–H and O–H groups in total. The van der Waals surface area contributed by atoms with Crippen molar-refractivity contribution in [3.63, 3.8) is 0 Å². The number of rotatable bonds is 10. The molecular weight excluding hydrogens is 503 g/mol. The molecule has 0 unspecified atom stereocenters. The Balaban J connectivity index is 0.00000341. The van der Waals surface area contributed by atoms with Crippen molar-refractivity contribution in [2.75, 3.05) is 57.8 Å². The SMILES string of the molecule is CCc1nncn1CCNC(=NC)NCCCCN1CCN(c2ccccc2)CC1.I. The van der Waals surface area contributed by atoms with Crippen LogP contribution < -0.4 is 15.5 Å². The van der Waals surface area contributed by atoms with Gasteiger partial charge in [0.15, 0.2) is 5.96 Å². The molecule has 2 heterocycles. The molecule has 1 aliphatic rings. The van der Waals surface area contributed by atoms with E-state index >= 15 is 0 Å². The lowest BCUT2D eigenvalue weighted by atomic mass is 10.2. The van der Waals surface area contributed by atoms with E-state index in [9.17, 15) is 0 Å². The molecule has 2 aromatic rings. The number of nitrogens with one attached hydrogen (secondary N) is 2. The summed E-state index contributed by atoms with van der Waals surface area (Å²) < 4.78 is 2.08. The molecule has 0 aliphatic carbocycles. The van der Waals surface area contributed by atoms with Gasteiger partial charge in [0, 0.05) is 65.0 Å². The average Bonchev–Trinajstić information content (AvgIpc) is 3.26. The molecule has 1 saturated heterocycles. The summed E-state index contributed by atoms with van der Waals surface area (Å²) in [7, 11) is 1.82. The molecule has 1 aliphatic heterocycles. The summed E-state index contributed by atoms with van der Waals surface area (Å²) in [5.74, 6) is 1.88. The van der Waals surface area contributed by atoms with E-state index in [2.05, 4.69) is 77.4 Å². The second-order valence-corrected chi connectivity index (χ2v) is 7.59. The quantitative estimate of drug-likeness (QED) is 0.209. The zero-order chi connectivity index (χ0) is 21.0. The first-order valence-electron chi connectivity index (χ1n) is 11.1. The molecule has 31 heavy (non-hydrogen) atoms. The van der Waals surface area contributed by atoms with Crippen molar-refractivity contribution in [3.05, 3.63) is 42.5 Å². The minimum Gasteiger partial charge on any atom is -0.369 e. The van der Waals surface area contributed by atoms with Crippen LogP contribution in [0.3, 0.4) is 0 Å². The molecule has 9 heteroatoms. The van der Waals surface area contributed by atoms with Gasteiger partial charge < -0.3 is 20.1 Å². The van der Waals surface area contributed by atoms with Crippen LogP contribution in [0.4, 0.5) is 5.69 Å². The largest absolute Gasteiger partial charge is 0.369 e. The van der Waals surface area contributed by atoms with Gasteiger partial charge in [-0.3, -0.25) is 9.89 Å². The minimum atomic E-state index is 0. The lowest BCUT2D eigenvalue weighted by molar-refractivity contribution is 0.253. The summed E-state index contributed by atoms with van der Waals surface area (Å²) in [6.45, 7) is 10.4. The molecule has 172 valence electrons. The Kier molecular flexibility index (Phi) is 11.7. The zero-order valence-corrected chi connectivity index (χ0v) is 21.2. The van der Waals surface area contributed by atoms with Gasteiger partial charge in [-0.2, -0.15) is 0 Å². The van der Waals surface area contributed by atoms with Crippen molar-refractivity contribution in [2.45, 2.75) is 32.7 Å². The number of piperazine rings is 1. The standard InChI is InChI=1S/C22H36N8.HI/c1-3-21-27-26-19-30(21)14-12-25-22(23-2)24-11-7-8-13-28-15-17-29(18-16-28)20-9-5-4-6-10-20;/h4-6,9-10,19H,3,7-8,11-18H2,1-2H3,(H2,23,24,25);1H. The molecule has 0 bridgehead atoms. The smallest absolute Gasteiger partial charge is 0.191 e. The van der Waals surface area contributed by atoms with Gasteiger partial charge >= 0.3 is 0 Å². The van der Waals surface area contributed by atoms with Gasteiger partial charge in [-0.15, -0.1) is 34.2 Å². The number of unbranched alkanes of at least 4 members (excludes halogenated alkanes) is 1. The fourth-order valence-corrected chi connectivity index (χ4v) is 3.79. The number of para-hydroxylation sites is 1. The zero-order valence-electron chi connectivity index (χ0n) is 18.8. The fourth-order valence-electron chi connectivity index (χ4n) is 3.79. The fraction of sp³-hybridized carbons (Fsp3) is 0.591. The molecule has 1 aromatic carbocycles. The second kappa shape index (κ2) is 14.2. The third-order valence-electron chi connectivity index (χ3n) is 5.57. The van der Waals surface area contributed by atoms with E-state index in [1.54, 1.807) is 6.33 Å². The van der Waals surface area contributed by atoms with E-state index in [4.69, 9.17) is 0 Å². The van der Waals surface area contributed by atoms with Crippen molar-refractivity contribution in [1.82, 2.24) is 30.3 Å². The highest BCUT2D eigenvalue weighted by molar-refractivity contribution is 14.0. The maximum Gasteiger partial charge on any atom is 0.191 e. The van der Waals surface area contributed by atoms with Crippen LogP contribution in [0.15, 0.2) is 41.7 Å². The Labute approximate surface area is 203 Å². The molecule has 0 radical (unpaired) electrons. The van der Waals surface area contributed by atoms with Gasteiger partial charge in [-0.05, 0) is 31.5 Å². The summed E-state index contributed by atoms with van der Waals surface area (Å²) >= 11 is 0. The summed E-state index contributed by atoms with van der Waals surface area (Å²) in [6, 6.07) is 10.7. The number of halogens is 1. The monoisotopic (exact) mass is 540 g/mol. The van der Waals surface area contributed by atoms with Gasteiger partial charge in [0.1, 0.15) is 12.2 Å². The lowest BCUT2D eigenvalue weighted by Gasteiger charge is -2.36. The van der Waals surface area contributed by atoms with Crippen molar-refractivity contribution >= 4 is 35.6 Å². The number of aliphatic imine (C=N–C) groups is 1. The Morgan fingerprint density at radius 1 is 1.00 bits per heavy atom. The van der Waals surface area contributed by atoms with Crippen molar-refractivity contribution in [1.29, 1.82) is 0 Å². The number of guanidine groups is 1. The number of hydrogen-bond acceptors (Lipinski definition) is 5. The highest BCUT2D eigenvalue weighted by Gasteiger charge is 2.16. The van der Waals surface area contributed by atoms with Gasteiger partial charge in [0.2, 0.25) is 0 Å². The molecule has 3 rings (SSSR count). The Morgan fingerprint density at radius 3 is 2.45 bits per heavy atom. The van der Waals surface area contributed by atoms with E-state index in [1.807, 2.05) is 7.05 Å². The Morgan fingerprint density at radius 2 is 1.74 bits per heavy atom. The first-order valence-corrected chi connectivity index (χ1v) is 11.1. The number of aromatic nitrogens is 3. The number of benzene rings is 1. The van der Waals surface area contributed by atoms with Crippen LogP contribution in [0.5, 0.6) is 0 Å².